The van der Waals surface area contributed by atoms with E-state index in [2.05, 4.69) is 16.4 Å². The van der Waals surface area contributed by atoms with Gasteiger partial charge in [-0.25, -0.2) is 0 Å². The summed E-state index contributed by atoms with van der Waals surface area (Å²) in [5.41, 5.74) is 3.02. The van der Waals surface area contributed by atoms with E-state index in [1.165, 1.54) is 11.8 Å². The van der Waals surface area contributed by atoms with Crippen LogP contribution in [0.4, 0.5) is 0 Å². The quantitative estimate of drug-likeness (QED) is 0.691. The van der Waals surface area contributed by atoms with Gasteiger partial charge in [-0.05, 0) is 47.6 Å². The van der Waals surface area contributed by atoms with E-state index in [4.69, 9.17) is 4.74 Å². The molecule has 0 saturated heterocycles. The Bertz CT molecular complexity index is 1180. The highest BCUT2D eigenvalue weighted by molar-refractivity contribution is 8.04. The molecule has 8 heteroatoms. The summed E-state index contributed by atoms with van der Waals surface area (Å²) in [5, 5.41) is 12.7. The topological polar surface area (TPSA) is 95.3 Å². The number of carbonyl (C=O) groups excluding carboxylic acids is 2. The predicted octanol–water partition coefficient (Wildman–Crippen LogP) is 3.25. The lowest BCUT2D eigenvalue weighted by Crippen LogP contribution is -2.38. The molecule has 1 N–H and O–H groups in total. The van der Waals surface area contributed by atoms with Crippen molar-refractivity contribution < 1.29 is 14.3 Å². The van der Waals surface area contributed by atoms with Crippen molar-refractivity contribution in [2.24, 2.45) is 11.8 Å². The maximum Gasteiger partial charge on any atom is 0.227 e. The molecule has 174 valence electrons. The third-order valence-electron chi connectivity index (χ3n) is 6.81. The van der Waals surface area contributed by atoms with Crippen LogP contribution in [0, 0.1) is 23.2 Å². The molecule has 1 aromatic heterocycles. The Morgan fingerprint density at radius 2 is 2.15 bits per heavy atom. The molecule has 4 atom stereocenters. The fourth-order valence-corrected chi connectivity index (χ4v) is 6.36. The number of thioether (sulfide) groups is 1. The third kappa shape index (κ3) is 4.40. The Kier molecular flexibility index (Phi) is 6.29. The molecule has 0 radical (unpaired) electrons. The zero-order chi connectivity index (χ0) is 23.7. The third-order valence-corrected chi connectivity index (χ3v) is 8.13. The molecule has 1 saturated carbocycles. The van der Waals surface area contributed by atoms with Crippen LogP contribution in [0.25, 0.3) is 0 Å². The number of benzene rings is 1. The van der Waals surface area contributed by atoms with E-state index >= 15 is 0 Å². The van der Waals surface area contributed by atoms with Gasteiger partial charge in [0.25, 0.3) is 0 Å². The molecule has 3 heterocycles. The van der Waals surface area contributed by atoms with Gasteiger partial charge in [0, 0.05) is 29.8 Å². The molecule has 34 heavy (non-hydrogen) atoms. The number of carbonyl (C=O) groups is 2. The van der Waals surface area contributed by atoms with Crippen molar-refractivity contribution in [2.45, 2.75) is 30.6 Å². The van der Waals surface area contributed by atoms with E-state index in [-0.39, 0.29) is 34.9 Å². The highest BCUT2D eigenvalue weighted by Crippen LogP contribution is 2.51. The first kappa shape index (κ1) is 22.5. The van der Waals surface area contributed by atoms with Crippen LogP contribution in [0.15, 0.2) is 59.3 Å². The first-order valence-corrected chi connectivity index (χ1v) is 12.3. The van der Waals surface area contributed by atoms with Gasteiger partial charge in [-0.2, -0.15) is 5.26 Å². The van der Waals surface area contributed by atoms with Crippen LogP contribution in [-0.2, 0) is 16.0 Å². The molecule has 2 aliphatic heterocycles. The lowest BCUT2D eigenvalue weighted by molar-refractivity contribution is -0.130. The number of pyridine rings is 1. The number of nitriles is 1. The zero-order valence-corrected chi connectivity index (χ0v) is 19.8. The highest BCUT2D eigenvalue weighted by atomic mass is 32.2. The number of rotatable bonds is 6. The molecule has 1 fully saturated rings. The summed E-state index contributed by atoms with van der Waals surface area (Å²) < 4.78 is 5.45. The van der Waals surface area contributed by atoms with Gasteiger partial charge in [0.05, 0.1) is 37.4 Å². The van der Waals surface area contributed by atoms with Crippen molar-refractivity contribution in [3.05, 3.63) is 70.4 Å². The summed E-state index contributed by atoms with van der Waals surface area (Å²) in [6.07, 6.45) is 5.17. The van der Waals surface area contributed by atoms with Crippen molar-refractivity contribution >= 4 is 23.6 Å². The minimum absolute atomic E-state index is 0.0157. The van der Waals surface area contributed by atoms with E-state index in [0.29, 0.717) is 25.9 Å². The fraction of sp³-hybridized carbons (Fsp3) is 0.385. The monoisotopic (exact) mass is 474 g/mol. The van der Waals surface area contributed by atoms with Crippen molar-refractivity contribution in [3.8, 4) is 11.8 Å². The van der Waals surface area contributed by atoms with Gasteiger partial charge in [0.2, 0.25) is 11.8 Å². The zero-order valence-electron chi connectivity index (χ0n) is 18.9. The maximum atomic E-state index is 13.0. The average Bonchev–Trinajstić information content (AvgIpc) is 3.59. The highest BCUT2D eigenvalue weighted by Gasteiger charge is 2.47. The van der Waals surface area contributed by atoms with E-state index in [0.717, 1.165) is 33.8 Å². The molecule has 1 aliphatic carbocycles. The molecule has 3 aliphatic rings. The lowest BCUT2D eigenvalue weighted by atomic mass is 9.94. The van der Waals surface area contributed by atoms with Crippen LogP contribution < -0.4 is 10.1 Å². The van der Waals surface area contributed by atoms with Gasteiger partial charge < -0.3 is 15.0 Å². The summed E-state index contributed by atoms with van der Waals surface area (Å²) in [6.45, 7) is 1.09. The molecule has 2 aromatic rings. The minimum atomic E-state index is -0.358. The number of hydrogen-bond donors (Lipinski definition) is 1. The van der Waals surface area contributed by atoms with Crippen molar-refractivity contribution in [1.82, 2.24) is 15.2 Å². The smallest absolute Gasteiger partial charge is 0.227 e. The summed E-state index contributed by atoms with van der Waals surface area (Å²) >= 11 is 1.53. The van der Waals surface area contributed by atoms with Gasteiger partial charge in [0.15, 0.2) is 0 Å². The Labute approximate surface area is 203 Å². The normalized spacial score (nSPS) is 25.4. The second-order valence-electron chi connectivity index (χ2n) is 8.90. The van der Waals surface area contributed by atoms with Crippen LogP contribution in [-0.4, -0.2) is 47.3 Å². The van der Waals surface area contributed by atoms with Crippen LogP contribution in [0.2, 0.25) is 0 Å². The first-order valence-electron chi connectivity index (χ1n) is 11.5. The van der Waals surface area contributed by atoms with E-state index < -0.39 is 0 Å². The second kappa shape index (κ2) is 9.51. The average molecular weight is 475 g/mol. The SMILES string of the molecule is COc1ccccc1C1CC1C(=O)NC1SC2=C(CCN(C(=O)Cc3cccnc3)C2)C1C#N. The number of nitrogens with zero attached hydrogens (tertiary/aromatic N) is 3. The van der Waals surface area contributed by atoms with Crippen LogP contribution in [0.5, 0.6) is 5.75 Å². The van der Waals surface area contributed by atoms with Gasteiger partial charge in [-0.3, -0.25) is 14.6 Å². The van der Waals surface area contributed by atoms with E-state index in [1.807, 2.05) is 41.3 Å². The number of hydrogen-bond acceptors (Lipinski definition) is 6. The van der Waals surface area contributed by atoms with Gasteiger partial charge in [-0.1, -0.05) is 24.3 Å². The van der Waals surface area contributed by atoms with Crippen LogP contribution in [0.3, 0.4) is 0 Å². The number of ether oxygens (including phenoxy) is 1. The molecule has 7 nitrogen and oxygen atoms in total. The van der Waals surface area contributed by atoms with Gasteiger partial charge in [0.1, 0.15) is 5.75 Å². The largest absolute Gasteiger partial charge is 0.496 e. The second-order valence-corrected chi connectivity index (χ2v) is 10.1. The summed E-state index contributed by atoms with van der Waals surface area (Å²) in [5.74, 6) is 0.526. The number of nitrogens with one attached hydrogen (secondary N) is 1. The lowest BCUT2D eigenvalue weighted by Gasteiger charge is -2.28. The van der Waals surface area contributed by atoms with Crippen LogP contribution in [0.1, 0.15) is 29.9 Å². The molecule has 4 unspecified atom stereocenters. The molecular weight excluding hydrogens is 448 g/mol. The van der Waals surface area contributed by atoms with Gasteiger partial charge in [-0.15, -0.1) is 11.8 Å². The Morgan fingerprint density at radius 1 is 1.29 bits per heavy atom. The van der Waals surface area contributed by atoms with Gasteiger partial charge >= 0.3 is 0 Å². The predicted molar refractivity (Wildman–Crippen MR) is 129 cm³/mol. The molecular formula is C26H26N4O3S. The molecule has 5 rings (SSSR count). The van der Waals surface area contributed by atoms with Crippen molar-refractivity contribution in [1.29, 1.82) is 5.26 Å². The number of methoxy groups -OCH3 is 1. The molecule has 1 aromatic carbocycles. The van der Waals surface area contributed by atoms with Crippen molar-refractivity contribution in [2.75, 3.05) is 20.2 Å². The molecule has 0 bridgehead atoms. The molecule has 0 spiro atoms. The van der Waals surface area contributed by atoms with E-state index in [1.54, 1.807) is 19.5 Å². The van der Waals surface area contributed by atoms with E-state index in [9.17, 15) is 14.9 Å². The fourth-order valence-electron chi connectivity index (χ4n) is 4.90. The van der Waals surface area contributed by atoms with Crippen LogP contribution >= 0.6 is 11.8 Å². The summed E-state index contributed by atoms with van der Waals surface area (Å²) in [4.78, 5) is 32.8. The molecule has 2 amide bonds. The first-order chi connectivity index (χ1) is 16.6. The Morgan fingerprint density at radius 3 is 2.91 bits per heavy atom. The summed E-state index contributed by atoms with van der Waals surface area (Å²) in [7, 11) is 1.64. The number of aromatic nitrogens is 1. The van der Waals surface area contributed by atoms with Crippen molar-refractivity contribution in [3.63, 3.8) is 0 Å². The minimum Gasteiger partial charge on any atom is -0.496 e. The summed E-state index contributed by atoms with van der Waals surface area (Å²) in [6, 6.07) is 13.9. The number of para-hydroxylation sites is 1. The Balaban J connectivity index is 1.20. The maximum absolute atomic E-state index is 13.0. The number of amides is 2. The Hall–Kier alpha value is -3.31. The standard InChI is InChI=1S/C26H26N4O3S/c1-33-22-7-3-2-6-17(22)19-12-20(19)25(32)29-26-21(13-27)18-8-10-30(15-23(18)34-26)24(31)11-16-5-4-9-28-14-16/h2-7,9,14,19-21,26H,8,10-12,15H2,1H3,(H,29,32).